The van der Waals surface area contributed by atoms with E-state index in [-0.39, 0.29) is 5.69 Å². The number of nitro groups is 1. The van der Waals surface area contributed by atoms with E-state index in [9.17, 15) is 10.1 Å². The largest absolute Gasteiger partial charge is 0.490 e. The van der Waals surface area contributed by atoms with Crippen LogP contribution in [0.5, 0.6) is 5.75 Å². The monoisotopic (exact) mass is 267 g/mol. The Morgan fingerprint density at radius 3 is 2.79 bits per heavy atom. The van der Waals surface area contributed by atoms with Crippen LogP contribution in [-0.2, 0) is 6.54 Å². The number of hydrogen-bond donors (Lipinski definition) is 1. The summed E-state index contributed by atoms with van der Waals surface area (Å²) < 4.78 is 4.96. The van der Waals surface area contributed by atoms with Crippen molar-refractivity contribution in [3.8, 4) is 5.75 Å². The van der Waals surface area contributed by atoms with E-state index >= 15 is 0 Å². The van der Waals surface area contributed by atoms with Crippen molar-refractivity contribution < 1.29 is 9.66 Å². The molecule has 0 heterocycles. The Kier molecular flexibility index (Phi) is 6.24. The van der Waals surface area contributed by atoms with Crippen LogP contribution in [0.1, 0.15) is 12.5 Å². The number of nitro benzene ring substituents is 1. The summed E-state index contributed by atoms with van der Waals surface area (Å²) in [6.07, 6.45) is 0. The van der Waals surface area contributed by atoms with E-state index in [4.69, 9.17) is 4.74 Å². The Hall–Kier alpha value is -1.66. The number of nitrogens with zero attached hydrogens (tertiary/aromatic N) is 2. The molecule has 0 saturated heterocycles. The molecule has 0 aliphatic rings. The van der Waals surface area contributed by atoms with Gasteiger partial charge in [0.05, 0.1) is 12.0 Å². The molecule has 0 unspecified atom stereocenters. The SMILES string of the molecule is CCN(C)CCNCc1ccc(OC)c([N+](=O)[O-])c1. The minimum Gasteiger partial charge on any atom is -0.490 e. The molecule has 106 valence electrons. The Morgan fingerprint density at radius 1 is 1.47 bits per heavy atom. The quantitative estimate of drug-likeness (QED) is 0.440. The minimum atomic E-state index is -0.423. The predicted octanol–water partition coefficient (Wildman–Crippen LogP) is 1.64. The van der Waals surface area contributed by atoms with Gasteiger partial charge in [-0.05, 0) is 25.2 Å². The topological polar surface area (TPSA) is 67.6 Å². The number of likely N-dealkylation sites (N-methyl/N-ethyl adjacent to an activating group) is 1. The van der Waals surface area contributed by atoms with Crippen molar-refractivity contribution in [3.63, 3.8) is 0 Å². The fourth-order valence-electron chi connectivity index (χ4n) is 1.65. The molecular formula is C13H21N3O3. The lowest BCUT2D eigenvalue weighted by atomic mass is 10.2. The molecular weight excluding hydrogens is 246 g/mol. The third-order valence-electron chi connectivity index (χ3n) is 2.98. The Balaban J connectivity index is 2.55. The zero-order valence-corrected chi connectivity index (χ0v) is 11.7. The van der Waals surface area contributed by atoms with Gasteiger partial charge in [-0.3, -0.25) is 10.1 Å². The average Bonchev–Trinajstić information content (AvgIpc) is 2.42. The second kappa shape index (κ2) is 7.70. The first-order valence-electron chi connectivity index (χ1n) is 6.29. The molecule has 1 aromatic carbocycles. The summed E-state index contributed by atoms with van der Waals surface area (Å²) >= 11 is 0. The zero-order chi connectivity index (χ0) is 14.3. The van der Waals surface area contributed by atoms with E-state index in [1.165, 1.54) is 7.11 Å². The number of ether oxygens (including phenoxy) is 1. The second-order valence-electron chi connectivity index (χ2n) is 4.34. The van der Waals surface area contributed by atoms with Crippen LogP contribution in [-0.4, -0.2) is 43.6 Å². The van der Waals surface area contributed by atoms with E-state index in [1.807, 2.05) is 6.07 Å². The molecule has 6 nitrogen and oxygen atoms in total. The lowest BCUT2D eigenvalue weighted by Gasteiger charge is -2.14. The van der Waals surface area contributed by atoms with Gasteiger partial charge in [-0.1, -0.05) is 13.0 Å². The van der Waals surface area contributed by atoms with Crippen molar-refractivity contribution in [2.45, 2.75) is 13.5 Å². The normalized spacial score (nSPS) is 10.7. The van der Waals surface area contributed by atoms with Crippen LogP contribution >= 0.6 is 0 Å². The molecule has 1 rings (SSSR count). The number of methoxy groups -OCH3 is 1. The van der Waals surface area contributed by atoms with Crippen molar-refractivity contribution in [3.05, 3.63) is 33.9 Å². The molecule has 0 atom stereocenters. The van der Waals surface area contributed by atoms with Gasteiger partial charge in [-0.25, -0.2) is 0 Å². The minimum absolute atomic E-state index is 0.00692. The van der Waals surface area contributed by atoms with Crippen molar-refractivity contribution in [2.75, 3.05) is 33.8 Å². The molecule has 0 aliphatic carbocycles. The summed E-state index contributed by atoms with van der Waals surface area (Å²) in [4.78, 5) is 12.7. The van der Waals surface area contributed by atoms with Crippen molar-refractivity contribution in [1.29, 1.82) is 0 Å². The smallest absolute Gasteiger partial charge is 0.311 e. The first-order valence-corrected chi connectivity index (χ1v) is 6.29. The number of nitrogens with one attached hydrogen (secondary N) is 1. The van der Waals surface area contributed by atoms with Gasteiger partial charge in [-0.15, -0.1) is 0 Å². The molecule has 0 bridgehead atoms. The third kappa shape index (κ3) is 4.84. The molecule has 0 aromatic heterocycles. The van der Waals surface area contributed by atoms with Gasteiger partial charge < -0.3 is 15.0 Å². The average molecular weight is 267 g/mol. The highest BCUT2D eigenvalue weighted by molar-refractivity contribution is 5.48. The van der Waals surface area contributed by atoms with E-state index in [0.717, 1.165) is 25.2 Å². The summed E-state index contributed by atoms with van der Waals surface area (Å²) in [5.41, 5.74) is 0.888. The molecule has 1 N–H and O–H groups in total. The Bertz CT molecular complexity index is 424. The second-order valence-corrected chi connectivity index (χ2v) is 4.34. The summed E-state index contributed by atoms with van der Waals surface area (Å²) in [6.45, 7) is 5.53. The maximum Gasteiger partial charge on any atom is 0.311 e. The predicted molar refractivity (Wildman–Crippen MR) is 74.5 cm³/mol. The van der Waals surface area contributed by atoms with Gasteiger partial charge in [0.2, 0.25) is 0 Å². The summed E-state index contributed by atoms with van der Waals surface area (Å²) in [7, 11) is 3.49. The summed E-state index contributed by atoms with van der Waals surface area (Å²) in [5, 5.41) is 14.2. The van der Waals surface area contributed by atoms with E-state index in [0.29, 0.717) is 12.3 Å². The molecule has 0 fully saturated rings. The molecule has 0 amide bonds. The molecule has 19 heavy (non-hydrogen) atoms. The summed E-state index contributed by atoms with van der Waals surface area (Å²) in [6, 6.07) is 5.02. The van der Waals surface area contributed by atoms with Gasteiger partial charge in [0.1, 0.15) is 0 Å². The standard InChI is InChI=1S/C13H21N3O3/c1-4-15(2)8-7-14-10-11-5-6-13(19-3)12(9-11)16(17)18/h5-6,9,14H,4,7-8,10H2,1-3H3. The maximum atomic E-state index is 10.9. The number of benzene rings is 1. The van der Waals surface area contributed by atoms with Crippen LogP contribution in [0.3, 0.4) is 0 Å². The van der Waals surface area contributed by atoms with Gasteiger partial charge in [-0.2, -0.15) is 0 Å². The lowest BCUT2D eigenvalue weighted by Crippen LogP contribution is -2.28. The maximum absolute atomic E-state index is 10.9. The van der Waals surface area contributed by atoms with Crippen LogP contribution in [0.4, 0.5) is 5.69 Å². The molecule has 0 aliphatic heterocycles. The first-order chi connectivity index (χ1) is 9.08. The highest BCUT2D eigenvalue weighted by Gasteiger charge is 2.14. The van der Waals surface area contributed by atoms with Crippen molar-refractivity contribution in [2.24, 2.45) is 0 Å². The van der Waals surface area contributed by atoms with E-state index in [1.54, 1.807) is 12.1 Å². The van der Waals surface area contributed by atoms with Crippen LogP contribution in [0, 0.1) is 10.1 Å². The summed E-state index contributed by atoms with van der Waals surface area (Å²) in [5.74, 6) is 0.291. The lowest BCUT2D eigenvalue weighted by molar-refractivity contribution is -0.385. The van der Waals surface area contributed by atoms with Gasteiger partial charge in [0.15, 0.2) is 5.75 Å². The molecule has 0 radical (unpaired) electrons. The zero-order valence-electron chi connectivity index (χ0n) is 11.7. The number of hydrogen-bond acceptors (Lipinski definition) is 5. The fourth-order valence-corrected chi connectivity index (χ4v) is 1.65. The van der Waals surface area contributed by atoms with Crippen LogP contribution in [0.25, 0.3) is 0 Å². The van der Waals surface area contributed by atoms with Gasteiger partial charge >= 0.3 is 5.69 Å². The first kappa shape index (κ1) is 15.4. The van der Waals surface area contributed by atoms with E-state index in [2.05, 4.69) is 24.2 Å². The molecule has 0 spiro atoms. The highest BCUT2D eigenvalue weighted by atomic mass is 16.6. The van der Waals surface area contributed by atoms with Crippen LogP contribution in [0.2, 0.25) is 0 Å². The van der Waals surface area contributed by atoms with Crippen molar-refractivity contribution in [1.82, 2.24) is 10.2 Å². The number of rotatable bonds is 8. The highest BCUT2D eigenvalue weighted by Crippen LogP contribution is 2.27. The molecule has 6 heteroatoms. The Morgan fingerprint density at radius 2 is 2.21 bits per heavy atom. The van der Waals surface area contributed by atoms with Crippen molar-refractivity contribution >= 4 is 5.69 Å². The molecule has 1 aromatic rings. The van der Waals surface area contributed by atoms with E-state index < -0.39 is 4.92 Å². The van der Waals surface area contributed by atoms with Crippen LogP contribution < -0.4 is 10.1 Å². The fraction of sp³-hybridized carbons (Fsp3) is 0.538. The van der Waals surface area contributed by atoms with Gasteiger partial charge in [0.25, 0.3) is 0 Å². The van der Waals surface area contributed by atoms with Crippen LogP contribution in [0.15, 0.2) is 18.2 Å². The van der Waals surface area contributed by atoms with Gasteiger partial charge in [0, 0.05) is 25.7 Å². The molecule has 0 saturated carbocycles. The third-order valence-corrected chi connectivity index (χ3v) is 2.98. The Labute approximate surface area is 113 Å².